The third kappa shape index (κ3) is 3.66. The first-order valence-electron chi connectivity index (χ1n) is 10.6. The number of anilines is 1. The van der Waals surface area contributed by atoms with Crippen LogP contribution in [0.4, 0.5) is 5.82 Å². The summed E-state index contributed by atoms with van der Waals surface area (Å²) in [7, 11) is 0. The van der Waals surface area contributed by atoms with E-state index in [2.05, 4.69) is 38.7 Å². The van der Waals surface area contributed by atoms with Crippen LogP contribution in [0.1, 0.15) is 30.7 Å². The molecule has 1 aliphatic rings. The standard InChI is InChI=1S/C24H26N6/c1-17-27-22-10-9-21(19-11-12-26-23(25)15-19)28-24(22)30(17)20-7-5-18(6-8-20)16-29-13-3-2-4-14-29/h5-12,15H,2-4,13-14,16H2,1H3,(H2,25,26). The van der Waals surface area contributed by atoms with Crippen LogP contribution in [-0.2, 0) is 6.54 Å². The number of hydrogen-bond donors (Lipinski definition) is 1. The molecule has 6 heteroatoms. The van der Waals surface area contributed by atoms with Crippen molar-refractivity contribution in [1.82, 2.24) is 24.4 Å². The number of benzene rings is 1. The number of nitrogen functional groups attached to an aromatic ring is 1. The largest absolute Gasteiger partial charge is 0.384 e. The Morgan fingerprint density at radius 2 is 1.73 bits per heavy atom. The number of likely N-dealkylation sites (tertiary alicyclic amines) is 1. The van der Waals surface area contributed by atoms with E-state index in [4.69, 9.17) is 15.7 Å². The Bertz CT molecular complexity index is 1170. The van der Waals surface area contributed by atoms with E-state index in [1.807, 2.05) is 31.2 Å². The van der Waals surface area contributed by atoms with Gasteiger partial charge in [-0.15, -0.1) is 0 Å². The average molecular weight is 399 g/mol. The Morgan fingerprint density at radius 3 is 2.50 bits per heavy atom. The van der Waals surface area contributed by atoms with E-state index in [1.165, 1.54) is 37.9 Å². The minimum Gasteiger partial charge on any atom is -0.384 e. The number of pyridine rings is 2. The van der Waals surface area contributed by atoms with Crippen molar-refractivity contribution in [3.05, 3.63) is 66.1 Å². The molecule has 1 aliphatic heterocycles. The number of imidazole rings is 1. The topological polar surface area (TPSA) is 72.9 Å². The van der Waals surface area contributed by atoms with Crippen molar-refractivity contribution in [2.24, 2.45) is 0 Å². The summed E-state index contributed by atoms with van der Waals surface area (Å²) in [6, 6.07) is 16.6. The van der Waals surface area contributed by atoms with Crippen molar-refractivity contribution in [2.75, 3.05) is 18.8 Å². The zero-order valence-electron chi connectivity index (χ0n) is 17.3. The number of piperidine rings is 1. The summed E-state index contributed by atoms with van der Waals surface area (Å²) in [5.41, 5.74) is 11.8. The van der Waals surface area contributed by atoms with Crippen LogP contribution in [0.3, 0.4) is 0 Å². The zero-order valence-corrected chi connectivity index (χ0v) is 17.3. The molecule has 3 aromatic heterocycles. The highest BCUT2D eigenvalue weighted by Gasteiger charge is 2.14. The summed E-state index contributed by atoms with van der Waals surface area (Å²) in [5.74, 6) is 1.41. The summed E-state index contributed by atoms with van der Waals surface area (Å²) in [6.45, 7) is 5.46. The molecule has 0 saturated carbocycles. The molecule has 1 saturated heterocycles. The first-order chi connectivity index (χ1) is 14.7. The fraction of sp³-hybridized carbons (Fsp3) is 0.292. The van der Waals surface area contributed by atoms with Gasteiger partial charge in [-0.1, -0.05) is 18.6 Å². The lowest BCUT2D eigenvalue weighted by Gasteiger charge is -2.26. The van der Waals surface area contributed by atoms with Crippen LogP contribution >= 0.6 is 0 Å². The number of nitrogens with two attached hydrogens (primary N) is 1. The fourth-order valence-electron chi connectivity index (χ4n) is 4.27. The summed E-state index contributed by atoms with van der Waals surface area (Å²) < 4.78 is 2.12. The number of fused-ring (bicyclic) bond motifs is 1. The van der Waals surface area contributed by atoms with Crippen molar-refractivity contribution in [3.63, 3.8) is 0 Å². The van der Waals surface area contributed by atoms with Gasteiger partial charge in [0, 0.05) is 24.0 Å². The van der Waals surface area contributed by atoms with E-state index in [0.29, 0.717) is 5.82 Å². The lowest BCUT2D eigenvalue weighted by Crippen LogP contribution is -2.29. The van der Waals surface area contributed by atoms with E-state index in [1.54, 1.807) is 6.20 Å². The number of aromatic nitrogens is 4. The minimum absolute atomic E-state index is 0.489. The van der Waals surface area contributed by atoms with Gasteiger partial charge < -0.3 is 5.73 Å². The number of rotatable bonds is 4. The van der Waals surface area contributed by atoms with Gasteiger partial charge in [0.15, 0.2) is 5.65 Å². The highest BCUT2D eigenvalue weighted by Crippen LogP contribution is 2.25. The second-order valence-electron chi connectivity index (χ2n) is 8.01. The highest BCUT2D eigenvalue weighted by molar-refractivity contribution is 5.78. The second-order valence-corrected chi connectivity index (χ2v) is 8.01. The number of aryl methyl sites for hydroxylation is 1. The van der Waals surface area contributed by atoms with Crippen LogP contribution in [0.2, 0.25) is 0 Å². The van der Waals surface area contributed by atoms with Crippen molar-refractivity contribution in [2.45, 2.75) is 32.7 Å². The molecule has 2 N–H and O–H groups in total. The van der Waals surface area contributed by atoms with Gasteiger partial charge in [-0.05, 0) is 74.8 Å². The van der Waals surface area contributed by atoms with Crippen LogP contribution < -0.4 is 5.73 Å². The molecule has 30 heavy (non-hydrogen) atoms. The maximum Gasteiger partial charge on any atom is 0.165 e. The number of nitrogens with zero attached hydrogens (tertiary/aromatic N) is 5. The van der Waals surface area contributed by atoms with E-state index in [-0.39, 0.29) is 0 Å². The molecule has 0 aliphatic carbocycles. The van der Waals surface area contributed by atoms with Gasteiger partial charge in [0.2, 0.25) is 0 Å². The normalized spacial score (nSPS) is 15.0. The maximum absolute atomic E-state index is 5.85. The smallest absolute Gasteiger partial charge is 0.165 e. The van der Waals surface area contributed by atoms with E-state index >= 15 is 0 Å². The Hall–Kier alpha value is -3.25. The van der Waals surface area contributed by atoms with Crippen molar-refractivity contribution >= 4 is 17.0 Å². The van der Waals surface area contributed by atoms with Crippen LogP contribution in [-0.4, -0.2) is 37.5 Å². The predicted molar refractivity (Wildman–Crippen MR) is 120 cm³/mol. The molecule has 0 bridgehead atoms. The minimum atomic E-state index is 0.489. The van der Waals surface area contributed by atoms with Crippen molar-refractivity contribution in [1.29, 1.82) is 0 Å². The van der Waals surface area contributed by atoms with Gasteiger partial charge in [-0.2, -0.15) is 0 Å². The molecule has 0 amide bonds. The van der Waals surface area contributed by atoms with E-state index in [0.717, 1.165) is 40.5 Å². The third-order valence-electron chi connectivity index (χ3n) is 5.80. The van der Waals surface area contributed by atoms with Crippen LogP contribution in [0.15, 0.2) is 54.7 Å². The molecular weight excluding hydrogens is 372 g/mol. The van der Waals surface area contributed by atoms with Gasteiger partial charge in [0.25, 0.3) is 0 Å². The Kier molecular flexibility index (Phi) is 4.93. The SMILES string of the molecule is Cc1nc2ccc(-c3ccnc(N)c3)nc2n1-c1ccc(CN2CCCCC2)cc1. The first-order valence-corrected chi connectivity index (χ1v) is 10.6. The quantitative estimate of drug-likeness (QED) is 0.553. The van der Waals surface area contributed by atoms with Gasteiger partial charge in [0.1, 0.15) is 17.2 Å². The summed E-state index contributed by atoms with van der Waals surface area (Å²) in [6.07, 6.45) is 5.70. The van der Waals surface area contributed by atoms with Crippen LogP contribution in [0, 0.1) is 6.92 Å². The molecular formula is C24H26N6. The molecule has 6 nitrogen and oxygen atoms in total. The Morgan fingerprint density at radius 1 is 0.933 bits per heavy atom. The molecule has 1 fully saturated rings. The molecule has 1 aromatic carbocycles. The van der Waals surface area contributed by atoms with Gasteiger partial charge in [-0.25, -0.2) is 15.0 Å². The molecule has 0 radical (unpaired) electrons. The average Bonchev–Trinajstić information content (AvgIpc) is 3.10. The molecule has 0 atom stereocenters. The van der Waals surface area contributed by atoms with E-state index < -0.39 is 0 Å². The Balaban J connectivity index is 1.48. The lowest BCUT2D eigenvalue weighted by molar-refractivity contribution is 0.221. The summed E-state index contributed by atoms with van der Waals surface area (Å²) in [4.78, 5) is 16.2. The Labute approximate surface area is 176 Å². The second kappa shape index (κ2) is 7.88. The molecule has 0 spiro atoms. The maximum atomic E-state index is 5.85. The molecule has 5 rings (SSSR count). The summed E-state index contributed by atoms with van der Waals surface area (Å²) in [5, 5.41) is 0. The predicted octanol–water partition coefficient (Wildman–Crippen LogP) is 4.36. The monoisotopic (exact) mass is 398 g/mol. The summed E-state index contributed by atoms with van der Waals surface area (Å²) >= 11 is 0. The third-order valence-corrected chi connectivity index (χ3v) is 5.80. The molecule has 4 aromatic rings. The molecule has 4 heterocycles. The van der Waals surface area contributed by atoms with E-state index in [9.17, 15) is 0 Å². The lowest BCUT2D eigenvalue weighted by atomic mass is 10.1. The fourth-order valence-corrected chi connectivity index (χ4v) is 4.27. The highest BCUT2D eigenvalue weighted by atomic mass is 15.1. The molecule has 152 valence electrons. The van der Waals surface area contributed by atoms with Crippen molar-refractivity contribution in [3.8, 4) is 16.9 Å². The first kappa shape index (κ1) is 18.8. The van der Waals surface area contributed by atoms with Crippen molar-refractivity contribution < 1.29 is 0 Å². The van der Waals surface area contributed by atoms with Gasteiger partial charge in [0.05, 0.1) is 5.69 Å². The van der Waals surface area contributed by atoms with Gasteiger partial charge in [-0.3, -0.25) is 9.47 Å². The van der Waals surface area contributed by atoms with Crippen LogP contribution in [0.5, 0.6) is 0 Å². The molecule has 0 unspecified atom stereocenters. The number of hydrogen-bond acceptors (Lipinski definition) is 5. The zero-order chi connectivity index (χ0) is 20.5. The van der Waals surface area contributed by atoms with Gasteiger partial charge >= 0.3 is 0 Å². The van der Waals surface area contributed by atoms with Crippen LogP contribution in [0.25, 0.3) is 28.1 Å².